The second-order valence-corrected chi connectivity index (χ2v) is 11.2. The van der Waals surface area contributed by atoms with Crippen molar-refractivity contribution in [3.8, 4) is 17.2 Å². The molecule has 40 heavy (non-hydrogen) atoms. The highest BCUT2D eigenvalue weighted by Crippen LogP contribution is 2.33. The maximum atomic E-state index is 13.0. The van der Waals surface area contributed by atoms with Gasteiger partial charge in [-0.15, -0.1) is 11.3 Å². The monoisotopic (exact) mass is 555 g/mol. The zero-order valence-electron chi connectivity index (χ0n) is 22.5. The Kier molecular flexibility index (Phi) is 8.25. The molecule has 0 bridgehead atoms. The number of benzene rings is 3. The number of likely N-dealkylation sites (tertiary alicyclic amines) is 1. The third-order valence-corrected chi connectivity index (χ3v) is 8.03. The number of hydrogen-bond acceptors (Lipinski definition) is 7. The molecule has 0 aliphatic carbocycles. The predicted octanol–water partition coefficient (Wildman–Crippen LogP) is 6.28. The molecule has 0 saturated carbocycles. The van der Waals surface area contributed by atoms with Crippen molar-refractivity contribution in [2.45, 2.75) is 45.5 Å². The van der Waals surface area contributed by atoms with Crippen molar-refractivity contribution in [2.75, 3.05) is 19.9 Å². The molecule has 0 unspecified atom stereocenters. The topological polar surface area (TPSA) is 64.1 Å². The zero-order valence-corrected chi connectivity index (χ0v) is 23.3. The SMILES string of the molecule is O=C(c1csc(CN(Cc2ccc(OCc3ccccc3)cc2)Cc2ccc3c(c2)OCO3)n1)N1CCCCC1. The molecule has 4 aromatic rings. The Morgan fingerprint density at radius 1 is 0.850 bits per heavy atom. The first-order valence-electron chi connectivity index (χ1n) is 13.8. The van der Waals surface area contributed by atoms with Crippen molar-refractivity contribution in [1.82, 2.24) is 14.8 Å². The molecule has 0 spiro atoms. The van der Waals surface area contributed by atoms with E-state index in [2.05, 4.69) is 35.2 Å². The van der Waals surface area contributed by atoms with Crippen LogP contribution in [-0.4, -0.2) is 40.6 Å². The van der Waals surface area contributed by atoms with Crippen LogP contribution in [0.4, 0.5) is 0 Å². The van der Waals surface area contributed by atoms with Crippen molar-refractivity contribution < 1.29 is 19.0 Å². The van der Waals surface area contributed by atoms with Gasteiger partial charge in [0, 0.05) is 31.6 Å². The Labute approximate surface area is 238 Å². The van der Waals surface area contributed by atoms with Gasteiger partial charge in [0.2, 0.25) is 6.79 Å². The molecule has 0 atom stereocenters. The zero-order chi connectivity index (χ0) is 27.1. The van der Waals surface area contributed by atoms with Gasteiger partial charge in [-0.2, -0.15) is 0 Å². The van der Waals surface area contributed by atoms with Gasteiger partial charge in [-0.3, -0.25) is 9.69 Å². The van der Waals surface area contributed by atoms with E-state index in [1.165, 1.54) is 12.0 Å². The van der Waals surface area contributed by atoms with Crippen LogP contribution in [0.3, 0.4) is 0 Å². The fraction of sp³-hybridized carbons (Fsp3) is 0.312. The van der Waals surface area contributed by atoms with Crippen molar-refractivity contribution in [3.63, 3.8) is 0 Å². The number of rotatable bonds is 10. The van der Waals surface area contributed by atoms with Crippen LogP contribution >= 0.6 is 11.3 Å². The predicted molar refractivity (Wildman–Crippen MR) is 155 cm³/mol. The van der Waals surface area contributed by atoms with Gasteiger partial charge >= 0.3 is 0 Å². The van der Waals surface area contributed by atoms with E-state index in [0.717, 1.165) is 65.9 Å². The summed E-state index contributed by atoms with van der Waals surface area (Å²) >= 11 is 1.55. The molecule has 1 aromatic heterocycles. The maximum absolute atomic E-state index is 13.0. The van der Waals surface area contributed by atoms with Crippen LogP contribution in [0, 0.1) is 0 Å². The fourth-order valence-electron chi connectivity index (χ4n) is 5.09. The molecule has 6 rings (SSSR count). The summed E-state index contributed by atoms with van der Waals surface area (Å²) in [7, 11) is 0. The van der Waals surface area contributed by atoms with Crippen molar-refractivity contribution >= 4 is 17.2 Å². The van der Waals surface area contributed by atoms with Crippen LogP contribution in [0.15, 0.2) is 78.2 Å². The van der Waals surface area contributed by atoms with Crippen molar-refractivity contribution in [2.24, 2.45) is 0 Å². The van der Waals surface area contributed by atoms with E-state index in [9.17, 15) is 4.79 Å². The number of nitrogens with zero attached hydrogens (tertiary/aromatic N) is 3. The molecule has 3 heterocycles. The summed E-state index contributed by atoms with van der Waals surface area (Å²) in [6.07, 6.45) is 3.34. The van der Waals surface area contributed by atoms with Gasteiger partial charge in [0.05, 0.1) is 6.54 Å². The lowest BCUT2D eigenvalue weighted by Gasteiger charge is -2.25. The highest BCUT2D eigenvalue weighted by molar-refractivity contribution is 7.09. The minimum absolute atomic E-state index is 0.0515. The average Bonchev–Trinajstić information content (AvgIpc) is 3.67. The first-order valence-corrected chi connectivity index (χ1v) is 14.7. The normalized spacial score (nSPS) is 14.5. The quantitative estimate of drug-likeness (QED) is 0.230. The highest BCUT2D eigenvalue weighted by Gasteiger charge is 2.22. The van der Waals surface area contributed by atoms with Gasteiger partial charge in [-0.1, -0.05) is 48.5 Å². The largest absolute Gasteiger partial charge is 0.489 e. The van der Waals surface area contributed by atoms with E-state index in [-0.39, 0.29) is 12.7 Å². The van der Waals surface area contributed by atoms with E-state index in [1.54, 1.807) is 11.3 Å². The molecular weight excluding hydrogens is 522 g/mol. The van der Waals surface area contributed by atoms with E-state index in [4.69, 9.17) is 19.2 Å². The first-order chi connectivity index (χ1) is 19.7. The third kappa shape index (κ3) is 6.63. The molecule has 1 amide bonds. The summed E-state index contributed by atoms with van der Waals surface area (Å²) in [4.78, 5) is 22.0. The van der Waals surface area contributed by atoms with Gasteiger partial charge in [0.1, 0.15) is 23.1 Å². The van der Waals surface area contributed by atoms with Gasteiger partial charge in [-0.05, 0) is 60.2 Å². The Bertz CT molecular complexity index is 1420. The Morgan fingerprint density at radius 2 is 1.60 bits per heavy atom. The summed E-state index contributed by atoms with van der Waals surface area (Å²) in [5.74, 6) is 2.45. The summed E-state index contributed by atoms with van der Waals surface area (Å²) in [6.45, 7) is 4.52. The fourth-order valence-corrected chi connectivity index (χ4v) is 5.90. The lowest BCUT2D eigenvalue weighted by atomic mass is 10.1. The highest BCUT2D eigenvalue weighted by atomic mass is 32.1. The van der Waals surface area contributed by atoms with E-state index < -0.39 is 0 Å². The maximum Gasteiger partial charge on any atom is 0.273 e. The second-order valence-electron chi connectivity index (χ2n) is 10.2. The van der Waals surface area contributed by atoms with E-state index >= 15 is 0 Å². The number of aromatic nitrogens is 1. The molecular formula is C32H33N3O4S. The van der Waals surface area contributed by atoms with Gasteiger partial charge in [-0.25, -0.2) is 4.98 Å². The standard InChI is InChI=1S/C32H33N3O4S/c36-32(35-15-5-2-6-16-35)28-22-40-31(33-28)20-34(19-26-11-14-29-30(17-26)39-23-38-29)18-24-9-12-27(13-10-24)37-21-25-7-3-1-4-8-25/h1,3-4,7-14,17,22H,2,5-6,15-16,18-21,23H2. The summed E-state index contributed by atoms with van der Waals surface area (Å²) in [6, 6.07) is 24.5. The number of ether oxygens (including phenoxy) is 3. The van der Waals surface area contributed by atoms with Crippen LogP contribution in [-0.2, 0) is 26.2 Å². The minimum Gasteiger partial charge on any atom is -0.489 e. The van der Waals surface area contributed by atoms with Crippen LogP contribution in [0.25, 0.3) is 0 Å². The Morgan fingerprint density at radius 3 is 2.42 bits per heavy atom. The Balaban J connectivity index is 1.15. The number of thiazole rings is 1. The molecule has 3 aromatic carbocycles. The number of hydrogen-bond donors (Lipinski definition) is 0. The summed E-state index contributed by atoms with van der Waals surface area (Å²) < 4.78 is 17.1. The number of fused-ring (bicyclic) bond motifs is 1. The molecule has 0 radical (unpaired) electrons. The third-order valence-electron chi connectivity index (χ3n) is 7.19. The number of carbonyl (C=O) groups excluding carboxylic acids is 1. The first kappa shape index (κ1) is 26.3. The summed E-state index contributed by atoms with van der Waals surface area (Å²) in [5, 5.41) is 2.84. The lowest BCUT2D eigenvalue weighted by molar-refractivity contribution is 0.0718. The van der Waals surface area contributed by atoms with E-state index in [0.29, 0.717) is 25.4 Å². The van der Waals surface area contributed by atoms with Gasteiger partial charge in [0.25, 0.3) is 5.91 Å². The number of piperidine rings is 1. The van der Waals surface area contributed by atoms with Crippen LogP contribution in [0.5, 0.6) is 17.2 Å². The molecule has 2 aliphatic heterocycles. The van der Waals surface area contributed by atoms with Crippen LogP contribution in [0.1, 0.15) is 51.4 Å². The average molecular weight is 556 g/mol. The molecule has 206 valence electrons. The smallest absolute Gasteiger partial charge is 0.273 e. The molecule has 1 saturated heterocycles. The Hall–Kier alpha value is -3.88. The van der Waals surface area contributed by atoms with Crippen LogP contribution in [0.2, 0.25) is 0 Å². The molecule has 7 nitrogen and oxygen atoms in total. The lowest BCUT2D eigenvalue weighted by Crippen LogP contribution is -2.35. The van der Waals surface area contributed by atoms with Gasteiger partial charge in [0.15, 0.2) is 11.5 Å². The molecule has 2 aliphatic rings. The second kappa shape index (κ2) is 12.5. The molecule has 0 N–H and O–H groups in total. The van der Waals surface area contributed by atoms with E-state index in [1.807, 2.05) is 52.7 Å². The van der Waals surface area contributed by atoms with Gasteiger partial charge < -0.3 is 19.1 Å². The van der Waals surface area contributed by atoms with Crippen molar-refractivity contribution in [1.29, 1.82) is 0 Å². The minimum atomic E-state index is 0.0515. The van der Waals surface area contributed by atoms with Crippen LogP contribution < -0.4 is 14.2 Å². The number of carbonyl (C=O) groups is 1. The summed E-state index contributed by atoms with van der Waals surface area (Å²) in [5.41, 5.74) is 4.01. The van der Waals surface area contributed by atoms with Crippen molar-refractivity contribution in [3.05, 3.63) is 106 Å². The number of amides is 1. The molecule has 1 fully saturated rings. The molecule has 8 heteroatoms.